The van der Waals surface area contributed by atoms with E-state index >= 15 is 0 Å². The van der Waals surface area contributed by atoms with Crippen molar-refractivity contribution in [2.75, 3.05) is 0 Å². The zero-order chi connectivity index (χ0) is 34.6. The minimum atomic E-state index is 1.01. The van der Waals surface area contributed by atoms with Crippen LogP contribution in [0.5, 0.6) is 0 Å². The normalized spacial score (nSPS) is 12.2. The van der Waals surface area contributed by atoms with Crippen LogP contribution in [-0.4, -0.2) is 14.1 Å². The van der Waals surface area contributed by atoms with Crippen molar-refractivity contribution < 1.29 is 0 Å². The molecule has 0 saturated carbocycles. The van der Waals surface area contributed by atoms with Crippen LogP contribution in [0.15, 0.2) is 176 Å². The van der Waals surface area contributed by atoms with Crippen LogP contribution in [-0.2, 0) is 0 Å². The lowest BCUT2D eigenvalue weighted by Gasteiger charge is -2.17. The van der Waals surface area contributed by atoms with Crippen LogP contribution in [0.2, 0.25) is 0 Å². The fraction of sp³-hybridized carbons (Fsp3) is 0. The quantitative estimate of drug-likeness (QED) is 0.169. The third-order valence-corrected chi connectivity index (χ3v) is 12.2. The summed E-state index contributed by atoms with van der Waals surface area (Å²) < 4.78 is 7.36. The van der Waals surface area contributed by atoms with Crippen LogP contribution in [0, 0.1) is 0 Å². The molecule has 8 aromatic carbocycles. The van der Waals surface area contributed by atoms with E-state index in [0.29, 0.717) is 0 Å². The van der Waals surface area contributed by atoms with E-state index in [1.807, 2.05) is 11.3 Å². The van der Waals surface area contributed by atoms with Crippen molar-refractivity contribution in [3.05, 3.63) is 176 Å². The zero-order valence-corrected chi connectivity index (χ0v) is 29.3. The molecule has 0 aliphatic heterocycles. The average Bonchev–Trinajstić information content (AvgIpc) is 3.87. The van der Waals surface area contributed by atoms with Crippen molar-refractivity contribution in [2.24, 2.45) is 0 Å². The highest BCUT2D eigenvalue weighted by Gasteiger charge is 2.21. The molecule has 0 fully saturated rings. The topological polar surface area (TPSA) is 22.8 Å². The van der Waals surface area contributed by atoms with E-state index in [0.717, 1.165) is 27.8 Å². The average molecular weight is 692 g/mol. The minimum Gasteiger partial charge on any atom is -0.309 e. The van der Waals surface area contributed by atoms with Crippen LogP contribution >= 0.6 is 11.3 Å². The van der Waals surface area contributed by atoms with E-state index in [9.17, 15) is 0 Å². The Bertz CT molecular complexity index is 3230. The Balaban J connectivity index is 1.28. The SMILES string of the molecule is c1ccc2cc3c(-c4cc(-n5c6ccccc6c6ccccc65)cc(-n5c6ccccc6c6ccccc65)c4)c4sc5ccccc5c4nc3cc2c1. The molecule has 0 aliphatic rings. The smallest absolute Gasteiger partial charge is 0.0902 e. The number of nitrogens with zero attached hydrogens (tertiary/aromatic N) is 3. The maximum Gasteiger partial charge on any atom is 0.0902 e. The summed E-state index contributed by atoms with van der Waals surface area (Å²) in [4.78, 5) is 5.41. The van der Waals surface area contributed by atoms with Crippen molar-refractivity contribution in [3.63, 3.8) is 0 Å². The van der Waals surface area contributed by atoms with E-state index in [4.69, 9.17) is 4.98 Å². The molecule has 0 N–H and O–H groups in total. The molecule has 0 unspecified atom stereocenters. The first-order valence-electron chi connectivity index (χ1n) is 18.0. The van der Waals surface area contributed by atoms with Gasteiger partial charge in [-0.2, -0.15) is 0 Å². The fourth-order valence-corrected chi connectivity index (χ4v) is 9.99. The lowest BCUT2D eigenvalue weighted by atomic mass is 9.96. The highest BCUT2D eigenvalue weighted by atomic mass is 32.1. The number of pyridine rings is 1. The molecule has 3 nitrogen and oxygen atoms in total. The molecule has 0 atom stereocenters. The summed E-state index contributed by atoms with van der Waals surface area (Å²) >= 11 is 1.84. The van der Waals surface area contributed by atoms with Crippen LogP contribution in [0.3, 0.4) is 0 Å². The van der Waals surface area contributed by atoms with E-state index in [1.54, 1.807) is 0 Å². The van der Waals surface area contributed by atoms with Gasteiger partial charge in [-0.05, 0) is 77.0 Å². The molecule has 0 radical (unpaired) electrons. The third-order valence-electron chi connectivity index (χ3n) is 11.0. The number of para-hydroxylation sites is 4. The Hall–Kier alpha value is -6.75. The van der Waals surface area contributed by atoms with Gasteiger partial charge in [-0.25, -0.2) is 4.98 Å². The van der Waals surface area contributed by atoms with Crippen molar-refractivity contribution in [3.8, 4) is 22.5 Å². The van der Waals surface area contributed by atoms with Crippen molar-refractivity contribution in [2.45, 2.75) is 0 Å². The van der Waals surface area contributed by atoms with Gasteiger partial charge in [0, 0.05) is 54.0 Å². The first-order chi connectivity index (χ1) is 26.3. The summed E-state index contributed by atoms with van der Waals surface area (Å²) in [5.41, 5.74) is 11.5. The molecule has 12 aromatic rings. The van der Waals surface area contributed by atoms with Crippen LogP contribution < -0.4 is 0 Å². The number of benzene rings is 8. The number of hydrogen-bond acceptors (Lipinski definition) is 2. The molecule has 0 saturated heterocycles. The molecule has 0 aliphatic carbocycles. The van der Waals surface area contributed by atoms with E-state index in [-0.39, 0.29) is 0 Å². The minimum absolute atomic E-state index is 1.01. The summed E-state index contributed by atoms with van der Waals surface area (Å²) in [5.74, 6) is 0. The van der Waals surface area contributed by atoms with Crippen LogP contribution in [0.25, 0.3) is 108 Å². The van der Waals surface area contributed by atoms with Crippen LogP contribution in [0.1, 0.15) is 0 Å². The number of thiophene rings is 1. The molecule has 0 bridgehead atoms. The first kappa shape index (κ1) is 28.9. The number of aromatic nitrogens is 3. The second-order valence-corrected chi connectivity index (χ2v) is 15.0. The summed E-state index contributed by atoms with van der Waals surface area (Å²) in [6.07, 6.45) is 0. The van der Waals surface area contributed by atoms with Crippen molar-refractivity contribution in [1.29, 1.82) is 0 Å². The number of hydrogen-bond donors (Lipinski definition) is 0. The van der Waals surface area contributed by atoms with Crippen molar-refractivity contribution >= 4 is 96.9 Å². The Labute approximate surface area is 308 Å². The van der Waals surface area contributed by atoms with Gasteiger partial charge in [0.1, 0.15) is 0 Å². The fourth-order valence-electron chi connectivity index (χ4n) is 8.76. The molecule has 246 valence electrons. The van der Waals surface area contributed by atoms with Gasteiger partial charge in [-0.15, -0.1) is 11.3 Å². The zero-order valence-electron chi connectivity index (χ0n) is 28.5. The van der Waals surface area contributed by atoms with E-state index in [2.05, 4.69) is 185 Å². The summed E-state index contributed by atoms with van der Waals surface area (Å²) in [5, 5.41) is 9.77. The van der Waals surface area contributed by atoms with Crippen LogP contribution in [0.4, 0.5) is 0 Å². The summed E-state index contributed by atoms with van der Waals surface area (Å²) in [7, 11) is 0. The van der Waals surface area contributed by atoms with Gasteiger partial charge in [0.15, 0.2) is 0 Å². The molecule has 53 heavy (non-hydrogen) atoms. The Morgan fingerprint density at radius 3 is 1.40 bits per heavy atom. The second-order valence-electron chi connectivity index (χ2n) is 14.0. The highest BCUT2D eigenvalue weighted by molar-refractivity contribution is 7.26. The monoisotopic (exact) mass is 691 g/mol. The first-order valence-corrected chi connectivity index (χ1v) is 18.9. The molecule has 4 aromatic heterocycles. The summed E-state index contributed by atoms with van der Waals surface area (Å²) in [6, 6.07) is 64.3. The predicted octanol–water partition coefficient (Wildman–Crippen LogP) is 13.6. The molecule has 4 heteroatoms. The van der Waals surface area contributed by atoms with Gasteiger partial charge in [0.25, 0.3) is 0 Å². The lowest BCUT2D eigenvalue weighted by molar-refractivity contribution is 1.14. The lowest BCUT2D eigenvalue weighted by Crippen LogP contribution is -2.00. The molecule has 0 amide bonds. The molecule has 4 heterocycles. The van der Waals surface area contributed by atoms with Gasteiger partial charge >= 0.3 is 0 Å². The third kappa shape index (κ3) is 4.12. The van der Waals surface area contributed by atoms with E-state index in [1.165, 1.54) is 80.3 Å². The van der Waals surface area contributed by atoms with Crippen molar-refractivity contribution in [1.82, 2.24) is 14.1 Å². The number of rotatable bonds is 3. The van der Waals surface area contributed by atoms with Gasteiger partial charge < -0.3 is 9.13 Å². The van der Waals surface area contributed by atoms with Gasteiger partial charge in [-0.3, -0.25) is 0 Å². The Kier molecular flexibility index (Phi) is 5.93. The molecule has 12 rings (SSSR count). The second kappa shape index (κ2) is 10.9. The van der Waals surface area contributed by atoms with Gasteiger partial charge in [0.05, 0.1) is 37.8 Å². The van der Waals surface area contributed by atoms with E-state index < -0.39 is 0 Å². The molecular formula is C49H29N3S. The largest absolute Gasteiger partial charge is 0.309 e. The molecular weight excluding hydrogens is 663 g/mol. The standard InChI is InChI=1S/C49H29N3S/c1-2-14-31-28-41-40(27-30(31)13-1)47(49-48(50-41)39-19-7-12-24-46(39)53-49)32-25-33(51-42-20-8-3-15-35(42)36-16-4-9-21-43(36)51)29-34(26-32)52-44-22-10-5-17-37(44)38-18-6-11-23-45(38)52/h1-29H. The predicted molar refractivity (Wildman–Crippen MR) is 226 cm³/mol. The number of fused-ring (bicyclic) bond motifs is 11. The highest BCUT2D eigenvalue weighted by Crippen LogP contribution is 2.45. The van der Waals surface area contributed by atoms with Gasteiger partial charge in [-0.1, -0.05) is 115 Å². The maximum absolute atomic E-state index is 5.41. The summed E-state index contributed by atoms with van der Waals surface area (Å²) in [6.45, 7) is 0. The Morgan fingerprint density at radius 2 is 0.849 bits per heavy atom. The van der Waals surface area contributed by atoms with Gasteiger partial charge in [0.2, 0.25) is 0 Å². The molecule has 0 spiro atoms. The maximum atomic E-state index is 5.41. The Morgan fingerprint density at radius 1 is 0.396 bits per heavy atom.